The highest BCUT2D eigenvalue weighted by Gasteiger charge is 2.07. The third-order valence-corrected chi connectivity index (χ3v) is 5.47. The maximum Gasteiger partial charge on any atom is 0.0623 e. The molecule has 5 aromatic rings. The molecule has 0 aliphatic heterocycles. The third-order valence-electron chi connectivity index (χ3n) is 5.47. The molecule has 0 saturated carbocycles. The number of benzene rings is 5. The van der Waals surface area contributed by atoms with Crippen LogP contribution in [-0.2, 0) is 0 Å². The predicted molar refractivity (Wildman–Crippen MR) is 150 cm³/mol. The van der Waals surface area contributed by atoms with Crippen LogP contribution in [0.1, 0.15) is 0 Å². The Hall–Kier alpha value is -4.90. The molecule has 35 heavy (non-hydrogen) atoms. The van der Waals surface area contributed by atoms with Crippen LogP contribution in [0.15, 0.2) is 127 Å². The number of nitrogens with one attached hydrogen (secondary N) is 4. The molecule has 0 aliphatic carbocycles. The van der Waals surface area contributed by atoms with Crippen molar-refractivity contribution in [1.82, 2.24) is 0 Å². The van der Waals surface area contributed by atoms with Crippen molar-refractivity contribution in [3.8, 4) is 0 Å². The topological polar surface area (TPSA) is 74.1 Å². The molecule has 0 spiro atoms. The molecular formula is C30H27N5. The van der Waals surface area contributed by atoms with Gasteiger partial charge in [-0.05, 0) is 66.7 Å². The van der Waals surface area contributed by atoms with Gasteiger partial charge in [0.25, 0.3) is 0 Å². The second-order valence-corrected chi connectivity index (χ2v) is 8.17. The molecule has 5 nitrogen and oxygen atoms in total. The van der Waals surface area contributed by atoms with Crippen LogP contribution in [0.25, 0.3) is 0 Å². The van der Waals surface area contributed by atoms with Gasteiger partial charge in [-0.1, -0.05) is 60.7 Å². The number of anilines is 9. The largest absolute Gasteiger partial charge is 0.399 e. The van der Waals surface area contributed by atoms with E-state index in [1.807, 2.05) is 121 Å². The zero-order valence-electron chi connectivity index (χ0n) is 19.2. The minimum absolute atomic E-state index is 0.666. The van der Waals surface area contributed by atoms with Gasteiger partial charge in [0, 0.05) is 28.4 Å². The first-order valence-electron chi connectivity index (χ1n) is 11.5. The summed E-state index contributed by atoms with van der Waals surface area (Å²) in [5.41, 5.74) is 14.7. The molecular weight excluding hydrogens is 430 g/mol. The number of nitrogens with two attached hydrogens (primary N) is 1. The molecule has 0 unspecified atom stereocenters. The van der Waals surface area contributed by atoms with Gasteiger partial charge in [-0.2, -0.15) is 0 Å². The average Bonchev–Trinajstić information content (AvgIpc) is 2.87. The summed E-state index contributed by atoms with van der Waals surface area (Å²) in [4.78, 5) is 0. The van der Waals surface area contributed by atoms with Crippen molar-refractivity contribution in [2.75, 3.05) is 27.0 Å². The molecule has 0 amide bonds. The molecule has 5 heteroatoms. The van der Waals surface area contributed by atoms with Crippen LogP contribution in [0.5, 0.6) is 0 Å². The molecule has 0 atom stereocenters. The smallest absolute Gasteiger partial charge is 0.0623 e. The van der Waals surface area contributed by atoms with E-state index in [0.29, 0.717) is 5.69 Å². The molecule has 5 aromatic carbocycles. The van der Waals surface area contributed by atoms with Gasteiger partial charge in [0.2, 0.25) is 0 Å². The van der Waals surface area contributed by atoms with Crippen molar-refractivity contribution < 1.29 is 0 Å². The Balaban J connectivity index is 1.38. The van der Waals surface area contributed by atoms with Gasteiger partial charge in [-0.25, -0.2) is 0 Å². The molecule has 172 valence electrons. The molecule has 0 aliphatic rings. The SMILES string of the molecule is Nc1cc(Nc2ccccc2Nc2ccccc2)cc(Nc2ccccc2Nc2ccccc2)c1. The summed E-state index contributed by atoms with van der Waals surface area (Å²) >= 11 is 0. The van der Waals surface area contributed by atoms with Crippen molar-refractivity contribution in [2.24, 2.45) is 0 Å². The van der Waals surface area contributed by atoms with Crippen molar-refractivity contribution in [1.29, 1.82) is 0 Å². The second-order valence-electron chi connectivity index (χ2n) is 8.17. The highest BCUT2D eigenvalue weighted by molar-refractivity contribution is 5.83. The number of para-hydroxylation sites is 6. The normalized spacial score (nSPS) is 10.4. The summed E-state index contributed by atoms with van der Waals surface area (Å²) < 4.78 is 0. The number of rotatable bonds is 8. The van der Waals surface area contributed by atoms with Gasteiger partial charge in [0.1, 0.15) is 0 Å². The lowest BCUT2D eigenvalue weighted by Crippen LogP contribution is -2.01. The van der Waals surface area contributed by atoms with Crippen LogP contribution in [0.3, 0.4) is 0 Å². The molecule has 0 fully saturated rings. The van der Waals surface area contributed by atoms with E-state index in [1.165, 1.54) is 0 Å². The number of hydrogen-bond acceptors (Lipinski definition) is 5. The van der Waals surface area contributed by atoms with E-state index in [0.717, 1.165) is 45.5 Å². The van der Waals surface area contributed by atoms with E-state index >= 15 is 0 Å². The van der Waals surface area contributed by atoms with Crippen molar-refractivity contribution >= 4 is 51.2 Å². The van der Waals surface area contributed by atoms with E-state index in [-0.39, 0.29) is 0 Å². The fraction of sp³-hybridized carbons (Fsp3) is 0. The number of nitrogen functional groups attached to an aromatic ring is 1. The maximum atomic E-state index is 6.28. The Labute approximate surface area is 205 Å². The molecule has 0 bridgehead atoms. The van der Waals surface area contributed by atoms with Gasteiger partial charge < -0.3 is 27.0 Å². The van der Waals surface area contributed by atoms with Crippen LogP contribution in [0.2, 0.25) is 0 Å². The highest BCUT2D eigenvalue weighted by atomic mass is 15.0. The van der Waals surface area contributed by atoms with Gasteiger partial charge in [0.15, 0.2) is 0 Å². The Morgan fingerprint density at radius 2 is 0.657 bits per heavy atom. The van der Waals surface area contributed by atoms with Gasteiger partial charge >= 0.3 is 0 Å². The monoisotopic (exact) mass is 457 g/mol. The summed E-state index contributed by atoms with van der Waals surface area (Å²) in [6.07, 6.45) is 0. The van der Waals surface area contributed by atoms with Crippen LogP contribution >= 0.6 is 0 Å². The Kier molecular flexibility index (Phi) is 6.49. The van der Waals surface area contributed by atoms with E-state index in [2.05, 4.69) is 27.3 Å². The lowest BCUT2D eigenvalue weighted by Gasteiger charge is -2.17. The summed E-state index contributed by atoms with van der Waals surface area (Å²) in [5.74, 6) is 0. The van der Waals surface area contributed by atoms with E-state index in [9.17, 15) is 0 Å². The van der Waals surface area contributed by atoms with E-state index in [4.69, 9.17) is 5.73 Å². The standard InChI is InChI=1S/C30H27N5/c31-22-19-25(34-29-17-9-7-15-27(29)32-23-11-3-1-4-12-23)21-26(20-22)35-30-18-10-8-16-28(30)33-24-13-5-2-6-14-24/h1-21,32-35H,31H2. The Morgan fingerprint density at radius 3 is 1.03 bits per heavy atom. The number of hydrogen-bond donors (Lipinski definition) is 5. The fourth-order valence-corrected chi connectivity index (χ4v) is 3.86. The van der Waals surface area contributed by atoms with Crippen molar-refractivity contribution in [2.45, 2.75) is 0 Å². The first-order valence-corrected chi connectivity index (χ1v) is 11.5. The minimum Gasteiger partial charge on any atom is -0.399 e. The third kappa shape index (κ3) is 5.72. The van der Waals surface area contributed by atoms with Gasteiger partial charge in [-0.3, -0.25) is 0 Å². The lowest BCUT2D eigenvalue weighted by molar-refractivity contribution is 1.48. The van der Waals surface area contributed by atoms with E-state index < -0.39 is 0 Å². The molecule has 0 saturated heterocycles. The van der Waals surface area contributed by atoms with Gasteiger partial charge in [0.05, 0.1) is 22.7 Å². The quantitative estimate of drug-likeness (QED) is 0.152. The molecule has 0 radical (unpaired) electrons. The van der Waals surface area contributed by atoms with Gasteiger partial charge in [-0.15, -0.1) is 0 Å². The minimum atomic E-state index is 0.666. The zero-order valence-corrected chi connectivity index (χ0v) is 19.2. The summed E-state index contributed by atoms with van der Waals surface area (Å²) in [7, 11) is 0. The summed E-state index contributed by atoms with van der Waals surface area (Å²) in [5, 5.41) is 14.0. The maximum absolute atomic E-state index is 6.28. The Morgan fingerprint density at radius 1 is 0.343 bits per heavy atom. The Bertz CT molecular complexity index is 1300. The van der Waals surface area contributed by atoms with Crippen molar-refractivity contribution in [3.05, 3.63) is 127 Å². The molecule has 0 aromatic heterocycles. The zero-order chi connectivity index (χ0) is 23.9. The molecule has 6 N–H and O–H groups in total. The van der Waals surface area contributed by atoms with Crippen LogP contribution in [-0.4, -0.2) is 0 Å². The summed E-state index contributed by atoms with van der Waals surface area (Å²) in [6, 6.07) is 42.4. The average molecular weight is 458 g/mol. The van der Waals surface area contributed by atoms with Crippen LogP contribution in [0, 0.1) is 0 Å². The van der Waals surface area contributed by atoms with E-state index in [1.54, 1.807) is 0 Å². The highest BCUT2D eigenvalue weighted by Crippen LogP contribution is 2.33. The fourth-order valence-electron chi connectivity index (χ4n) is 3.86. The summed E-state index contributed by atoms with van der Waals surface area (Å²) in [6.45, 7) is 0. The lowest BCUT2D eigenvalue weighted by atomic mass is 10.2. The molecule has 5 rings (SSSR count). The molecule has 0 heterocycles. The van der Waals surface area contributed by atoms with Crippen LogP contribution in [0.4, 0.5) is 51.2 Å². The second kappa shape index (κ2) is 10.4. The van der Waals surface area contributed by atoms with Crippen LogP contribution < -0.4 is 27.0 Å². The predicted octanol–water partition coefficient (Wildman–Crippen LogP) is 8.24. The van der Waals surface area contributed by atoms with Crippen molar-refractivity contribution in [3.63, 3.8) is 0 Å². The first kappa shape index (κ1) is 21.9. The first-order chi connectivity index (χ1) is 17.2.